The zero-order valence-corrected chi connectivity index (χ0v) is 15.6. The quantitative estimate of drug-likeness (QED) is 0.695. The molecule has 2 heterocycles. The van der Waals surface area contributed by atoms with Crippen molar-refractivity contribution in [1.29, 1.82) is 0 Å². The van der Waals surface area contributed by atoms with E-state index in [0.717, 1.165) is 64.2 Å². The first-order valence-corrected chi connectivity index (χ1v) is 10.0. The molecule has 26 heavy (non-hydrogen) atoms. The topological polar surface area (TPSA) is 68.7 Å². The largest absolute Gasteiger partial charge is 0.481 e. The Balaban J connectivity index is 1.28. The zero-order valence-electron chi connectivity index (χ0n) is 15.6. The Morgan fingerprint density at radius 2 is 1.81 bits per heavy atom. The number of nitrogens with one attached hydrogen (secondary N) is 1. The van der Waals surface area contributed by atoms with Gasteiger partial charge in [0.15, 0.2) is 0 Å². The van der Waals surface area contributed by atoms with Gasteiger partial charge in [-0.1, -0.05) is 0 Å². The van der Waals surface area contributed by atoms with Gasteiger partial charge in [0.25, 0.3) is 0 Å². The van der Waals surface area contributed by atoms with Gasteiger partial charge in [0.2, 0.25) is 0 Å². The van der Waals surface area contributed by atoms with Crippen LogP contribution in [-0.2, 0) is 4.79 Å². The van der Waals surface area contributed by atoms with Gasteiger partial charge in [0.1, 0.15) is 0 Å². The maximum atomic E-state index is 10.9. The van der Waals surface area contributed by atoms with Crippen molar-refractivity contribution < 1.29 is 9.90 Å². The Bertz CT molecular complexity index is 538. The van der Waals surface area contributed by atoms with Crippen LogP contribution in [0.5, 0.6) is 0 Å². The third-order valence-electron chi connectivity index (χ3n) is 5.86. The van der Waals surface area contributed by atoms with Crippen LogP contribution in [0.1, 0.15) is 38.5 Å². The van der Waals surface area contributed by atoms with Crippen LogP contribution in [0, 0.1) is 5.92 Å². The van der Waals surface area contributed by atoms with E-state index in [1.165, 1.54) is 12.8 Å². The number of carboxylic acid groups (broad SMARTS) is 1. The van der Waals surface area contributed by atoms with Crippen molar-refractivity contribution >= 4 is 11.7 Å². The van der Waals surface area contributed by atoms with Gasteiger partial charge in [-0.3, -0.25) is 14.7 Å². The molecule has 6 nitrogen and oxygen atoms in total. The van der Waals surface area contributed by atoms with E-state index in [9.17, 15) is 4.79 Å². The summed E-state index contributed by atoms with van der Waals surface area (Å²) in [7, 11) is 0. The van der Waals surface area contributed by atoms with Crippen molar-refractivity contribution in [3.05, 3.63) is 24.5 Å². The van der Waals surface area contributed by atoms with Gasteiger partial charge in [0.05, 0.1) is 0 Å². The fraction of sp³-hybridized carbons (Fsp3) is 0.700. The van der Waals surface area contributed by atoms with Crippen molar-refractivity contribution in [3.8, 4) is 0 Å². The van der Waals surface area contributed by atoms with E-state index >= 15 is 0 Å². The maximum absolute atomic E-state index is 10.9. The number of carboxylic acids is 1. The molecule has 2 fully saturated rings. The predicted octanol–water partition coefficient (Wildman–Crippen LogP) is 2.53. The first-order valence-electron chi connectivity index (χ1n) is 10.0. The first-order chi connectivity index (χ1) is 12.7. The molecule has 1 aliphatic heterocycles. The van der Waals surface area contributed by atoms with Crippen LogP contribution < -0.4 is 5.32 Å². The Morgan fingerprint density at radius 3 is 2.46 bits per heavy atom. The predicted molar refractivity (Wildman–Crippen MR) is 103 cm³/mol. The van der Waals surface area contributed by atoms with Gasteiger partial charge in [-0.05, 0) is 56.7 Å². The number of anilines is 1. The minimum absolute atomic E-state index is 0.355. The van der Waals surface area contributed by atoms with Crippen molar-refractivity contribution in [2.75, 3.05) is 44.6 Å². The molecule has 6 heteroatoms. The lowest BCUT2D eigenvalue weighted by Crippen LogP contribution is -2.51. The molecule has 2 aliphatic rings. The molecule has 1 saturated heterocycles. The van der Waals surface area contributed by atoms with E-state index in [-0.39, 0.29) is 0 Å². The fourth-order valence-electron chi connectivity index (χ4n) is 4.32. The molecule has 1 aliphatic carbocycles. The Morgan fingerprint density at radius 1 is 1.12 bits per heavy atom. The number of hydrogen-bond donors (Lipinski definition) is 2. The summed E-state index contributed by atoms with van der Waals surface area (Å²) in [5.41, 5.74) is 1.14. The summed E-state index contributed by atoms with van der Waals surface area (Å²) in [6.07, 6.45) is 9.65. The summed E-state index contributed by atoms with van der Waals surface area (Å²) in [4.78, 5) is 20.1. The monoisotopic (exact) mass is 360 g/mol. The smallest absolute Gasteiger partial charge is 0.303 e. The number of carbonyl (C=O) groups is 1. The van der Waals surface area contributed by atoms with E-state index in [1.807, 2.05) is 24.5 Å². The van der Waals surface area contributed by atoms with E-state index in [4.69, 9.17) is 5.11 Å². The third kappa shape index (κ3) is 5.95. The summed E-state index contributed by atoms with van der Waals surface area (Å²) >= 11 is 0. The van der Waals surface area contributed by atoms with Crippen LogP contribution in [0.15, 0.2) is 24.5 Å². The van der Waals surface area contributed by atoms with Crippen molar-refractivity contribution in [3.63, 3.8) is 0 Å². The number of hydrogen-bond acceptors (Lipinski definition) is 5. The molecule has 0 unspecified atom stereocenters. The first kappa shape index (κ1) is 19.1. The lowest BCUT2D eigenvalue weighted by Gasteiger charge is -2.42. The zero-order chi connectivity index (χ0) is 18.2. The van der Waals surface area contributed by atoms with E-state index in [2.05, 4.69) is 20.1 Å². The Hall–Kier alpha value is -1.66. The van der Waals surface area contributed by atoms with Gasteiger partial charge in [-0.2, -0.15) is 0 Å². The molecule has 0 aromatic carbocycles. The van der Waals surface area contributed by atoms with Crippen molar-refractivity contribution in [2.24, 2.45) is 5.92 Å². The normalized spacial score (nSPS) is 25.1. The summed E-state index contributed by atoms with van der Waals surface area (Å²) in [5, 5.41) is 12.4. The second kappa shape index (κ2) is 9.88. The Kier molecular flexibility index (Phi) is 7.26. The molecule has 144 valence electrons. The van der Waals surface area contributed by atoms with Crippen molar-refractivity contribution in [2.45, 2.75) is 44.6 Å². The molecule has 3 rings (SSSR count). The number of nitrogens with zero attached hydrogens (tertiary/aromatic N) is 3. The molecule has 1 saturated carbocycles. The number of rotatable bonds is 8. The van der Waals surface area contributed by atoms with E-state index in [0.29, 0.717) is 18.4 Å². The minimum Gasteiger partial charge on any atom is -0.481 e. The average molecular weight is 361 g/mol. The van der Waals surface area contributed by atoms with Gasteiger partial charge >= 0.3 is 5.97 Å². The highest BCUT2D eigenvalue weighted by atomic mass is 16.4. The molecule has 0 bridgehead atoms. The van der Waals surface area contributed by atoms with Gasteiger partial charge in [-0.15, -0.1) is 0 Å². The van der Waals surface area contributed by atoms with Crippen LogP contribution in [0.2, 0.25) is 0 Å². The third-order valence-corrected chi connectivity index (χ3v) is 5.86. The second-order valence-electron chi connectivity index (χ2n) is 7.67. The molecular formula is C20H32N4O2. The van der Waals surface area contributed by atoms with Crippen LogP contribution in [-0.4, -0.2) is 71.2 Å². The molecular weight excluding hydrogens is 328 g/mol. The van der Waals surface area contributed by atoms with Gasteiger partial charge < -0.3 is 15.3 Å². The van der Waals surface area contributed by atoms with Crippen LogP contribution >= 0.6 is 0 Å². The molecule has 0 amide bonds. The lowest BCUT2D eigenvalue weighted by molar-refractivity contribution is -0.138. The van der Waals surface area contributed by atoms with E-state index in [1.54, 1.807) is 0 Å². The number of piperazine rings is 1. The van der Waals surface area contributed by atoms with Gasteiger partial charge in [0, 0.05) is 63.3 Å². The molecule has 1 aromatic heterocycles. The lowest BCUT2D eigenvalue weighted by atomic mass is 9.83. The van der Waals surface area contributed by atoms with Gasteiger partial charge in [-0.25, -0.2) is 0 Å². The SMILES string of the molecule is O=C(O)CC1CCC(N2CCN(CCCNc3ccncc3)CC2)CC1. The highest BCUT2D eigenvalue weighted by Gasteiger charge is 2.28. The summed E-state index contributed by atoms with van der Waals surface area (Å²) in [6, 6.07) is 4.68. The maximum Gasteiger partial charge on any atom is 0.303 e. The van der Waals surface area contributed by atoms with Crippen molar-refractivity contribution in [1.82, 2.24) is 14.8 Å². The summed E-state index contributed by atoms with van der Waals surface area (Å²) in [6.45, 7) is 6.78. The highest BCUT2D eigenvalue weighted by Crippen LogP contribution is 2.30. The molecule has 0 atom stereocenters. The van der Waals surface area contributed by atoms with Crippen LogP contribution in [0.4, 0.5) is 5.69 Å². The Labute approximate surface area is 156 Å². The number of aliphatic carboxylic acids is 1. The molecule has 0 radical (unpaired) electrons. The summed E-state index contributed by atoms with van der Waals surface area (Å²) < 4.78 is 0. The van der Waals surface area contributed by atoms with E-state index < -0.39 is 5.97 Å². The molecule has 1 aromatic rings. The molecule has 2 N–H and O–H groups in total. The highest BCUT2D eigenvalue weighted by molar-refractivity contribution is 5.67. The number of pyridine rings is 1. The van der Waals surface area contributed by atoms with Crippen LogP contribution in [0.25, 0.3) is 0 Å². The summed E-state index contributed by atoms with van der Waals surface area (Å²) in [5.74, 6) is -0.238. The molecule has 0 spiro atoms. The fourth-order valence-corrected chi connectivity index (χ4v) is 4.32. The minimum atomic E-state index is -0.638. The van der Waals surface area contributed by atoms with Crippen LogP contribution in [0.3, 0.4) is 0 Å². The second-order valence-corrected chi connectivity index (χ2v) is 7.67. The average Bonchev–Trinajstić information content (AvgIpc) is 2.67. The number of aromatic nitrogens is 1. The standard InChI is InChI=1S/C20H32N4O2/c25-20(26)16-17-2-4-19(5-3-17)24-14-12-23(13-15-24)11-1-8-22-18-6-9-21-10-7-18/h6-7,9-10,17,19H,1-5,8,11-16H2,(H,21,22)(H,25,26).